The lowest BCUT2D eigenvalue weighted by molar-refractivity contribution is -0.117. The molecule has 0 bridgehead atoms. The molecule has 0 radical (unpaired) electrons. The Hall–Kier alpha value is -1.93. The number of esters is 1. The van der Waals surface area contributed by atoms with E-state index in [4.69, 9.17) is 4.74 Å². The van der Waals surface area contributed by atoms with Crippen molar-refractivity contribution in [3.63, 3.8) is 0 Å². The molecule has 1 aliphatic heterocycles. The first-order valence-electron chi connectivity index (χ1n) is 9.28. The van der Waals surface area contributed by atoms with Crippen LogP contribution in [-0.4, -0.2) is 67.9 Å². The van der Waals surface area contributed by atoms with Crippen LogP contribution in [-0.2, 0) is 9.53 Å². The Morgan fingerprint density at radius 2 is 2.04 bits per heavy atom. The molecule has 0 aromatic carbocycles. The van der Waals surface area contributed by atoms with Crippen LogP contribution in [0.15, 0.2) is 0 Å². The number of amides is 2. The van der Waals surface area contributed by atoms with E-state index < -0.39 is 5.97 Å². The van der Waals surface area contributed by atoms with Crippen LogP contribution in [0.1, 0.15) is 52.3 Å². The Bertz CT molecular complexity index is 714. The normalized spacial score (nSPS) is 17.4. The molecule has 1 aromatic rings. The number of carbonyl (C=O) groups is 3. The largest absolute Gasteiger partial charge is 0.462 e. The number of rotatable bonds is 6. The van der Waals surface area contributed by atoms with Gasteiger partial charge in [-0.25, -0.2) is 4.79 Å². The average molecular weight is 396 g/mol. The molecule has 2 heterocycles. The molecule has 0 unspecified atom stereocenters. The zero-order chi connectivity index (χ0) is 20.1. The fourth-order valence-electron chi connectivity index (χ4n) is 3.26. The van der Waals surface area contributed by atoms with Gasteiger partial charge in [0, 0.05) is 20.6 Å². The van der Waals surface area contributed by atoms with Crippen LogP contribution in [0.5, 0.6) is 0 Å². The quantitative estimate of drug-likeness (QED) is 0.749. The molecule has 2 amide bonds. The highest BCUT2D eigenvalue weighted by Crippen LogP contribution is 2.34. The SMILES string of the molecule is CCOC(=O)c1c(NC(=O)CN2CCC[C@@H](C)C2)sc(C(=O)N(C)C)c1C. The van der Waals surface area contributed by atoms with Crippen LogP contribution < -0.4 is 5.32 Å². The zero-order valence-electron chi connectivity index (χ0n) is 16.8. The summed E-state index contributed by atoms with van der Waals surface area (Å²) in [6.45, 7) is 7.92. The maximum atomic E-state index is 12.6. The number of carbonyl (C=O) groups excluding carboxylic acids is 3. The van der Waals surface area contributed by atoms with Crippen LogP contribution in [0.2, 0.25) is 0 Å². The van der Waals surface area contributed by atoms with Gasteiger partial charge in [0.1, 0.15) is 5.00 Å². The third-order valence-electron chi connectivity index (χ3n) is 4.59. The molecule has 1 aliphatic rings. The van der Waals surface area contributed by atoms with Gasteiger partial charge in [-0.3, -0.25) is 14.5 Å². The van der Waals surface area contributed by atoms with E-state index in [0.29, 0.717) is 21.4 Å². The first-order chi connectivity index (χ1) is 12.7. The average Bonchev–Trinajstić information content (AvgIpc) is 2.90. The number of hydrogen-bond acceptors (Lipinski definition) is 6. The molecule has 1 N–H and O–H groups in total. The summed E-state index contributed by atoms with van der Waals surface area (Å²) in [7, 11) is 3.31. The molecule has 2 rings (SSSR count). The summed E-state index contributed by atoms with van der Waals surface area (Å²) in [5, 5.41) is 3.21. The number of anilines is 1. The van der Waals surface area contributed by atoms with E-state index >= 15 is 0 Å². The van der Waals surface area contributed by atoms with Crippen LogP contribution in [0.3, 0.4) is 0 Å². The molecule has 1 saturated heterocycles. The van der Waals surface area contributed by atoms with Crippen molar-refractivity contribution in [2.24, 2.45) is 5.92 Å². The Labute approximate surface area is 164 Å². The first-order valence-corrected chi connectivity index (χ1v) is 10.1. The van der Waals surface area contributed by atoms with Gasteiger partial charge in [-0.1, -0.05) is 6.92 Å². The van der Waals surface area contributed by atoms with Crippen molar-refractivity contribution in [2.45, 2.75) is 33.6 Å². The summed E-state index contributed by atoms with van der Waals surface area (Å²) < 4.78 is 5.13. The fourth-order valence-corrected chi connectivity index (χ4v) is 4.49. The minimum absolute atomic E-state index is 0.181. The van der Waals surface area contributed by atoms with E-state index in [1.165, 1.54) is 11.3 Å². The lowest BCUT2D eigenvalue weighted by atomic mass is 10.0. The number of piperidine rings is 1. The maximum Gasteiger partial charge on any atom is 0.341 e. The molecule has 7 nitrogen and oxygen atoms in total. The second-order valence-corrected chi connectivity index (χ2v) is 8.23. The third-order valence-corrected chi connectivity index (χ3v) is 5.78. The van der Waals surface area contributed by atoms with Crippen molar-refractivity contribution in [1.82, 2.24) is 9.80 Å². The highest BCUT2D eigenvalue weighted by molar-refractivity contribution is 7.18. The molecule has 0 aliphatic carbocycles. The Kier molecular flexibility index (Phi) is 7.38. The van der Waals surface area contributed by atoms with E-state index in [9.17, 15) is 14.4 Å². The number of ether oxygens (including phenoxy) is 1. The highest BCUT2D eigenvalue weighted by atomic mass is 32.1. The van der Waals surface area contributed by atoms with Gasteiger partial charge in [-0.2, -0.15) is 0 Å². The number of likely N-dealkylation sites (tertiary alicyclic amines) is 1. The summed E-state index contributed by atoms with van der Waals surface area (Å²) >= 11 is 1.13. The van der Waals surface area contributed by atoms with Gasteiger partial charge >= 0.3 is 5.97 Å². The van der Waals surface area contributed by atoms with Crippen molar-refractivity contribution in [3.8, 4) is 0 Å². The summed E-state index contributed by atoms with van der Waals surface area (Å²) in [6.07, 6.45) is 2.27. The van der Waals surface area contributed by atoms with Crippen molar-refractivity contribution in [1.29, 1.82) is 0 Å². The molecule has 1 atom stereocenters. The van der Waals surface area contributed by atoms with Crippen molar-refractivity contribution < 1.29 is 19.1 Å². The molecular weight excluding hydrogens is 366 g/mol. The van der Waals surface area contributed by atoms with Crippen molar-refractivity contribution >= 4 is 34.1 Å². The number of thiophene rings is 1. The summed E-state index contributed by atoms with van der Waals surface area (Å²) in [6, 6.07) is 0. The van der Waals surface area contributed by atoms with Crippen molar-refractivity contribution in [3.05, 3.63) is 16.0 Å². The minimum Gasteiger partial charge on any atom is -0.462 e. The number of nitrogens with zero attached hydrogens (tertiary/aromatic N) is 2. The standard InChI is InChI=1S/C19H29N3O4S/c1-6-26-19(25)15-13(3)16(18(24)21(4)5)27-17(15)20-14(23)11-22-9-7-8-12(2)10-22/h12H,6-11H2,1-5H3,(H,20,23)/t12-/m1/s1. The van der Waals surface area contributed by atoms with Gasteiger partial charge in [0.2, 0.25) is 5.91 Å². The van der Waals surface area contributed by atoms with Crippen LogP contribution in [0.4, 0.5) is 5.00 Å². The maximum absolute atomic E-state index is 12.6. The molecule has 150 valence electrons. The Balaban J connectivity index is 2.22. The monoisotopic (exact) mass is 395 g/mol. The Morgan fingerprint density at radius 1 is 1.33 bits per heavy atom. The second-order valence-electron chi connectivity index (χ2n) is 7.21. The molecule has 0 saturated carbocycles. The molecular formula is C19H29N3O4S. The predicted molar refractivity (Wildman–Crippen MR) is 106 cm³/mol. The zero-order valence-corrected chi connectivity index (χ0v) is 17.6. The topological polar surface area (TPSA) is 79.0 Å². The first kappa shape index (κ1) is 21.4. The van der Waals surface area contributed by atoms with E-state index in [1.807, 2.05) is 0 Å². The van der Waals surface area contributed by atoms with E-state index in [-0.39, 0.29) is 30.5 Å². The third kappa shape index (κ3) is 5.29. The van der Waals surface area contributed by atoms with Gasteiger partial charge in [0.05, 0.1) is 23.6 Å². The van der Waals surface area contributed by atoms with Crippen LogP contribution >= 0.6 is 11.3 Å². The lowest BCUT2D eigenvalue weighted by Gasteiger charge is -2.30. The minimum atomic E-state index is -0.522. The molecule has 8 heteroatoms. The predicted octanol–water partition coefficient (Wildman–Crippen LogP) is 2.61. The lowest BCUT2D eigenvalue weighted by Crippen LogP contribution is -2.39. The van der Waals surface area contributed by atoms with Crippen LogP contribution in [0, 0.1) is 12.8 Å². The van der Waals surface area contributed by atoms with E-state index in [1.54, 1.807) is 27.9 Å². The highest BCUT2D eigenvalue weighted by Gasteiger charge is 2.28. The fraction of sp³-hybridized carbons (Fsp3) is 0.632. The van der Waals surface area contributed by atoms with Gasteiger partial charge < -0.3 is 15.0 Å². The number of nitrogens with one attached hydrogen (secondary N) is 1. The van der Waals surface area contributed by atoms with Crippen LogP contribution in [0.25, 0.3) is 0 Å². The second kappa shape index (κ2) is 9.32. The smallest absolute Gasteiger partial charge is 0.341 e. The summed E-state index contributed by atoms with van der Waals surface area (Å²) in [5.74, 6) is -0.325. The molecule has 1 aromatic heterocycles. The van der Waals surface area contributed by atoms with E-state index in [0.717, 1.165) is 30.8 Å². The van der Waals surface area contributed by atoms with Gasteiger partial charge in [-0.15, -0.1) is 11.3 Å². The molecule has 27 heavy (non-hydrogen) atoms. The van der Waals surface area contributed by atoms with Crippen molar-refractivity contribution in [2.75, 3.05) is 45.7 Å². The van der Waals surface area contributed by atoms with Gasteiger partial charge in [-0.05, 0) is 44.7 Å². The number of hydrogen-bond donors (Lipinski definition) is 1. The Morgan fingerprint density at radius 3 is 2.63 bits per heavy atom. The van der Waals surface area contributed by atoms with Gasteiger partial charge in [0.25, 0.3) is 5.91 Å². The van der Waals surface area contributed by atoms with E-state index in [2.05, 4.69) is 17.1 Å². The molecule has 0 spiro atoms. The summed E-state index contributed by atoms with van der Waals surface area (Å²) in [4.78, 5) is 41.4. The molecule has 1 fully saturated rings. The van der Waals surface area contributed by atoms with Gasteiger partial charge in [0.15, 0.2) is 0 Å². The summed E-state index contributed by atoms with van der Waals surface area (Å²) in [5.41, 5.74) is 0.812.